The Bertz CT molecular complexity index is 719. The Kier molecular flexibility index (Phi) is 5.94. The molecule has 0 aliphatic carbocycles. The van der Waals surface area contributed by atoms with Gasteiger partial charge in [-0.25, -0.2) is 9.18 Å². The molecule has 2 fully saturated rings. The Morgan fingerprint density at radius 3 is 2.56 bits per heavy atom. The summed E-state index contributed by atoms with van der Waals surface area (Å²) in [5, 5.41) is 11.1. The third-order valence-electron chi connectivity index (χ3n) is 5.61. The molecule has 0 radical (unpaired) electrons. The van der Waals surface area contributed by atoms with Crippen LogP contribution in [0, 0.1) is 15.9 Å². The van der Waals surface area contributed by atoms with Gasteiger partial charge in [0.25, 0.3) is 5.69 Å². The highest BCUT2D eigenvalue weighted by Crippen LogP contribution is 2.33. The van der Waals surface area contributed by atoms with Crippen molar-refractivity contribution < 1.29 is 18.8 Å². The number of carbonyl (C=O) groups is 1. The maximum absolute atomic E-state index is 14.8. The van der Waals surface area contributed by atoms with Crippen molar-refractivity contribution in [1.82, 2.24) is 4.90 Å². The fourth-order valence-electron chi connectivity index (χ4n) is 4.30. The molecule has 2 heterocycles. The van der Waals surface area contributed by atoms with Gasteiger partial charge in [-0.1, -0.05) is 0 Å². The standard InChI is InChI=1S/C19H26FN3O4/c1-3-27-19(24)16-11-15(23(25)26)12-17(20)18(16)21-9-6-14(7-10-21)22-8-4-5-13(22)2/h11-14H,3-10H2,1-2H3. The molecule has 2 aliphatic rings. The zero-order valence-corrected chi connectivity index (χ0v) is 15.8. The number of non-ortho nitro benzene ring substituents is 1. The van der Waals surface area contributed by atoms with Gasteiger partial charge in [-0.05, 0) is 46.1 Å². The molecule has 0 amide bonds. The van der Waals surface area contributed by atoms with Crippen molar-refractivity contribution in [2.75, 3.05) is 31.1 Å². The number of nitro benzene ring substituents is 1. The number of hydrogen-bond acceptors (Lipinski definition) is 6. The number of carbonyl (C=O) groups excluding carboxylic acids is 1. The summed E-state index contributed by atoms with van der Waals surface area (Å²) < 4.78 is 19.8. The van der Waals surface area contributed by atoms with Crippen molar-refractivity contribution in [2.45, 2.75) is 51.6 Å². The molecule has 1 unspecified atom stereocenters. The van der Waals surface area contributed by atoms with E-state index in [0.29, 0.717) is 25.2 Å². The first-order valence-electron chi connectivity index (χ1n) is 9.58. The van der Waals surface area contributed by atoms with E-state index in [0.717, 1.165) is 31.5 Å². The lowest BCUT2D eigenvalue weighted by molar-refractivity contribution is -0.385. The number of hydrogen-bond donors (Lipinski definition) is 0. The van der Waals surface area contributed by atoms with Crippen LogP contribution in [0.1, 0.15) is 49.9 Å². The predicted molar refractivity (Wildman–Crippen MR) is 99.6 cm³/mol. The van der Waals surface area contributed by atoms with Crippen LogP contribution in [0.15, 0.2) is 12.1 Å². The number of ether oxygens (including phenoxy) is 1. The van der Waals surface area contributed by atoms with E-state index in [4.69, 9.17) is 4.74 Å². The number of benzene rings is 1. The number of halogens is 1. The van der Waals surface area contributed by atoms with E-state index in [2.05, 4.69) is 11.8 Å². The monoisotopic (exact) mass is 379 g/mol. The molecule has 148 valence electrons. The fraction of sp³-hybridized carbons (Fsp3) is 0.632. The topological polar surface area (TPSA) is 75.9 Å². The van der Waals surface area contributed by atoms with Crippen LogP contribution < -0.4 is 4.90 Å². The number of piperidine rings is 1. The normalized spacial score (nSPS) is 21.4. The molecule has 0 aromatic heterocycles. The summed E-state index contributed by atoms with van der Waals surface area (Å²) >= 11 is 0. The lowest BCUT2D eigenvalue weighted by Gasteiger charge is -2.40. The summed E-state index contributed by atoms with van der Waals surface area (Å²) in [5.74, 6) is -1.48. The molecular weight excluding hydrogens is 353 g/mol. The van der Waals surface area contributed by atoms with Gasteiger partial charge in [0.05, 0.1) is 28.8 Å². The van der Waals surface area contributed by atoms with Gasteiger partial charge in [0.15, 0.2) is 5.82 Å². The molecular formula is C19H26FN3O4. The molecule has 27 heavy (non-hydrogen) atoms. The minimum absolute atomic E-state index is 0.0726. The molecule has 8 heteroatoms. The number of esters is 1. The van der Waals surface area contributed by atoms with Crippen LogP contribution in [0.5, 0.6) is 0 Å². The van der Waals surface area contributed by atoms with Crippen LogP contribution in [0.25, 0.3) is 0 Å². The van der Waals surface area contributed by atoms with Crippen LogP contribution in [-0.2, 0) is 4.74 Å². The minimum atomic E-state index is -0.750. The Labute approximate surface area is 158 Å². The molecule has 1 atom stereocenters. The molecule has 3 rings (SSSR count). The highest BCUT2D eigenvalue weighted by molar-refractivity contribution is 5.97. The molecule has 1 aromatic rings. The van der Waals surface area contributed by atoms with Gasteiger partial charge in [0.1, 0.15) is 0 Å². The van der Waals surface area contributed by atoms with E-state index >= 15 is 0 Å². The second kappa shape index (κ2) is 8.21. The average molecular weight is 379 g/mol. The van der Waals surface area contributed by atoms with Gasteiger partial charge in [-0.15, -0.1) is 0 Å². The van der Waals surface area contributed by atoms with E-state index in [-0.39, 0.29) is 17.9 Å². The Balaban J connectivity index is 1.83. The van der Waals surface area contributed by atoms with Crippen LogP contribution in [-0.4, -0.2) is 54.1 Å². The molecule has 2 aliphatic heterocycles. The van der Waals surface area contributed by atoms with Gasteiger partial charge in [0.2, 0.25) is 0 Å². The van der Waals surface area contributed by atoms with Crippen LogP contribution in [0.3, 0.4) is 0 Å². The maximum atomic E-state index is 14.8. The van der Waals surface area contributed by atoms with E-state index in [1.807, 2.05) is 4.90 Å². The van der Waals surface area contributed by atoms with Crippen molar-refractivity contribution >= 4 is 17.3 Å². The minimum Gasteiger partial charge on any atom is -0.462 e. The zero-order valence-electron chi connectivity index (χ0n) is 15.8. The summed E-state index contributed by atoms with van der Waals surface area (Å²) in [6.45, 7) is 6.33. The van der Waals surface area contributed by atoms with Crippen molar-refractivity contribution in [2.24, 2.45) is 0 Å². The second-order valence-corrected chi connectivity index (χ2v) is 7.25. The first-order chi connectivity index (χ1) is 12.9. The van der Waals surface area contributed by atoms with Crippen molar-refractivity contribution in [3.8, 4) is 0 Å². The molecule has 2 saturated heterocycles. The molecule has 0 saturated carbocycles. The third-order valence-corrected chi connectivity index (χ3v) is 5.61. The molecule has 0 spiro atoms. The fourth-order valence-corrected chi connectivity index (χ4v) is 4.30. The largest absolute Gasteiger partial charge is 0.462 e. The number of rotatable bonds is 5. The van der Waals surface area contributed by atoms with Crippen LogP contribution >= 0.6 is 0 Å². The SMILES string of the molecule is CCOC(=O)c1cc([N+](=O)[O-])cc(F)c1N1CCC(N2CCCC2C)CC1. The first-order valence-corrected chi connectivity index (χ1v) is 9.58. The van der Waals surface area contributed by atoms with Gasteiger partial charge >= 0.3 is 5.97 Å². The van der Waals surface area contributed by atoms with Gasteiger partial charge < -0.3 is 9.64 Å². The molecule has 0 N–H and O–H groups in total. The van der Waals surface area contributed by atoms with E-state index < -0.39 is 22.4 Å². The number of nitrogens with zero attached hydrogens (tertiary/aromatic N) is 3. The Morgan fingerprint density at radius 1 is 1.30 bits per heavy atom. The van der Waals surface area contributed by atoms with Gasteiger partial charge in [0, 0.05) is 31.2 Å². The van der Waals surface area contributed by atoms with E-state index in [1.54, 1.807) is 6.92 Å². The zero-order chi connectivity index (χ0) is 19.6. The predicted octanol–water partition coefficient (Wildman–Crippen LogP) is 3.36. The molecule has 1 aromatic carbocycles. The average Bonchev–Trinajstić information content (AvgIpc) is 3.07. The number of likely N-dealkylation sites (tertiary alicyclic amines) is 1. The summed E-state index contributed by atoms with van der Waals surface area (Å²) in [4.78, 5) is 27.0. The maximum Gasteiger partial charge on any atom is 0.340 e. The van der Waals surface area contributed by atoms with Crippen molar-refractivity contribution in [3.63, 3.8) is 0 Å². The van der Waals surface area contributed by atoms with Crippen LogP contribution in [0.4, 0.5) is 15.8 Å². The first kappa shape index (κ1) is 19.5. The highest BCUT2D eigenvalue weighted by Gasteiger charge is 2.33. The highest BCUT2D eigenvalue weighted by atomic mass is 19.1. The summed E-state index contributed by atoms with van der Waals surface area (Å²) in [7, 11) is 0. The summed E-state index contributed by atoms with van der Waals surface area (Å²) in [6, 6.07) is 3.04. The number of nitro groups is 1. The lowest BCUT2D eigenvalue weighted by Crippen LogP contribution is -2.46. The molecule has 0 bridgehead atoms. The van der Waals surface area contributed by atoms with E-state index in [1.165, 1.54) is 12.8 Å². The van der Waals surface area contributed by atoms with Gasteiger partial charge in [-0.3, -0.25) is 15.0 Å². The summed E-state index contributed by atoms with van der Waals surface area (Å²) in [5.41, 5.74) is -0.399. The lowest BCUT2D eigenvalue weighted by atomic mass is 10.00. The molecule has 7 nitrogen and oxygen atoms in total. The van der Waals surface area contributed by atoms with Crippen molar-refractivity contribution in [3.05, 3.63) is 33.6 Å². The smallest absolute Gasteiger partial charge is 0.340 e. The Hall–Kier alpha value is -2.22. The quantitative estimate of drug-likeness (QED) is 0.444. The Morgan fingerprint density at radius 2 is 2.00 bits per heavy atom. The van der Waals surface area contributed by atoms with Gasteiger partial charge in [-0.2, -0.15) is 0 Å². The van der Waals surface area contributed by atoms with E-state index in [9.17, 15) is 19.3 Å². The summed E-state index contributed by atoms with van der Waals surface area (Å²) in [6.07, 6.45) is 4.18. The second-order valence-electron chi connectivity index (χ2n) is 7.25. The van der Waals surface area contributed by atoms with Crippen LogP contribution in [0.2, 0.25) is 0 Å². The number of anilines is 1. The van der Waals surface area contributed by atoms with Crippen molar-refractivity contribution in [1.29, 1.82) is 0 Å². The third kappa shape index (κ3) is 4.05.